The van der Waals surface area contributed by atoms with Crippen LogP contribution in [0.25, 0.3) is 0 Å². The van der Waals surface area contributed by atoms with E-state index in [0.29, 0.717) is 0 Å². The summed E-state index contributed by atoms with van der Waals surface area (Å²) in [5, 5.41) is 0. The lowest BCUT2D eigenvalue weighted by Gasteiger charge is -2.32. The largest absolute Gasteiger partial charge is 0.461 e. The fraction of sp³-hybridized carbons (Fsp3) is 0.923. The van der Waals surface area contributed by atoms with Gasteiger partial charge in [0.2, 0.25) is 0 Å². The monoisotopic (exact) mass is 412 g/mol. The molecule has 1 saturated heterocycles. The van der Waals surface area contributed by atoms with E-state index in [9.17, 15) is 9.59 Å². The van der Waals surface area contributed by atoms with Gasteiger partial charge in [-0.1, -0.05) is 111 Å². The van der Waals surface area contributed by atoms with Gasteiger partial charge in [0, 0.05) is 0 Å². The Balaban J connectivity index is 0. The lowest BCUT2D eigenvalue weighted by molar-refractivity contribution is -0.183. The molecular formula is C26H52O3. The summed E-state index contributed by atoms with van der Waals surface area (Å²) in [6.07, 6.45) is 21.9. The summed E-state index contributed by atoms with van der Waals surface area (Å²) in [6, 6.07) is 0. The molecule has 1 aliphatic heterocycles. The van der Waals surface area contributed by atoms with Gasteiger partial charge in [-0.15, -0.1) is 0 Å². The van der Waals surface area contributed by atoms with Gasteiger partial charge in [0.05, 0.1) is 5.92 Å². The number of ether oxygens (including phenoxy) is 1. The molecule has 0 aromatic heterocycles. The molecule has 0 amide bonds. The second-order valence-corrected chi connectivity index (χ2v) is 8.70. The third-order valence-corrected chi connectivity index (χ3v) is 5.25. The normalized spacial score (nSPS) is 17.2. The van der Waals surface area contributed by atoms with Crippen LogP contribution in [0.1, 0.15) is 144 Å². The molecular weight excluding hydrogens is 360 g/mol. The standard InChI is InChI=1S/C17H32O2.C6H14.C3H6O/c1-3-4-5-6-7-8-9-10-11-12-13-14-16-15(2)17(18)19-16;1-3-5-6-4-2;1-3(2)4/h15-16H,3-14H2,1-2H3;3-6H2,1-2H3;1-2H3. The second kappa shape index (κ2) is 23.4. The lowest BCUT2D eigenvalue weighted by Crippen LogP contribution is -2.42. The minimum atomic E-state index is -0.00641. The molecule has 29 heavy (non-hydrogen) atoms. The maximum absolute atomic E-state index is 10.9. The van der Waals surface area contributed by atoms with Gasteiger partial charge in [-0.05, 0) is 33.6 Å². The van der Waals surface area contributed by atoms with Crippen molar-refractivity contribution in [3.63, 3.8) is 0 Å². The van der Waals surface area contributed by atoms with Crippen LogP contribution in [0, 0.1) is 5.92 Å². The summed E-state index contributed by atoms with van der Waals surface area (Å²) < 4.78 is 5.10. The Labute approximate surface area is 182 Å². The van der Waals surface area contributed by atoms with Crippen LogP contribution >= 0.6 is 0 Å². The van der Waals surface area contributed by atoms with E-state index in [-0.39, 0.29) is 23.8 Å². The molecule has 0 aliphatic carbocycles. The number of Topliss-reactive ketones (excluding diaryl/α,β-unsaturated/α-hetero) is 1. The zero-order chi connectivity index (χ0) is 22.3. The van der Waals surface area contributed by atoms with Gasteiger partial charge >= 0.3 is 5.97 Å². The van der Waals surface area contributed by atoms with E-state index < -0.39 is 0 Å². The van der Waals surface area contributed by atoms with E-state index >= 15 is 0 Å². The van der Waals surface area contributed by atoms with Crippen molar-refractivity contribution >= 4 is 11.8 Å². The number of carbonyl (C=O) groups is 2. The molecule has 2 unspecified atom stereocenters. The first kappa shape index (κ1) is 30.3. The highest BCUT2D eigenvalue weighted by molar-refractivity contribution is 5.77. The molecule has 0 bridgehead atoms. The number of hydrogen-bond donors (Lipinski definition) is 0. The molecule has 0 spiro atoms. The average molecular weight is 413 g/mol. The maximum Gasteiger partial charge on any atom is 0.312 e. The maximum atomic E-state index is 10.9. The number of carbonyl (C=O) groups excluding carboxylic acids is 2. The molecule has 2 atom stereocenters. The summed E-state index contributed by atoms with van der Waals surface area (Å²) in [5.41, 5.74) is 0. The molecule has 0 aromatic carbocycles. The highest BCUT2D eigenvalue weighted by Crippen LogP contribution is 2.26. The fourth-order valence-corrected chi connectivity index (χ4v) is 3.26. The number of rotatable bonds is 15. The van der Waals surface area contributed by atoms with Gasteiger partial charge in [-0.25, -0.2) is 0 Å². The Morgan fingerprint density at radius 2 is 1.00 bits per heavy atom. The Morgan fingerprint density at radius 1 is 0.690 bits per heavy atom. The predicted molar refractivity (Wildman–Crippen MR) is 126 cm³/mol. The van der Waals surface area contributed by atoms with Crippen LogP contribution in [0.3, 0.4) is 0 Å². The molecule has 0 N–H and O–H groups in total. The third-order valence-electron chi connectivity index (χ3n) is 5.25. The van der Waals surface area contributed by atoms with Crippen LogP contribution in [-0.2, 0) is 14.3 Å². The highest BCUT2D eigenvalue weighted by atomic mass is 16.6. The molecule has 3 heteroatoms. The van der Waals surface area contributed by atoms with Crippen molar-refractivity contribution in [3.8, 4) is 0 Å². The van der Waals surface area contributed by atoms with Crippen molar-refractivity contribution in [2.24, 2.45) is 5.92 Å². The quantitative estimate of drug-likeness (QED) is 0.200. The summed E-state index contributed by atoms with van der Waals surface area (Å²) in [4.78, 5) is 20.4. The first-order valence-electron chi connectivity index (χ1n) is 12.6. The second-order valence-electron chi connectivity index (χ2n) is 8.70. The molecule has 0 aromatic rings. The van der Waals surface area contributed by atoms with E-state index in [4.69, 9.17) is 4.74 Å². The molecule has 1 fully saturated rings. The minimum absolute atomic E-state index is 0.00641. The van der Waals surface area contributed by atoms with Gasteiger partial charge in [-0.3, -0.25) is 4.79 Å². The predicted octanol–water partition coefficient (Wildman–Crippen LogP) is 8.43. The highest BCUT2D eigenvalue weighted by Gasteiger charge is 2.37. The Bertz CT molecular complexity index is 357. The van der Waals surface area contributed by atoms with Crippen LogP contribution in [0.5, 0.6) is 0 Å². The van der Waals surface area contributed by atoms with Crippen LogP contribution in [0.4, 0.5) is 0 Å². The van der Waals surface area contributed by atoms with Crippen LogP contribution < -0.4 is 0 Å². The summed E-state index contributed by atoms with van der Waals surface area (Å²) in [6.45, 7) is 11.8. The van der Waals surface area contributed by atoms with Crippen molar-refractivity contribution in [2.45, 2.75) is 150 Å². The molecule has 174 valence electrons. The first-order chi connectivity index (χ1) is 13.9. The van der Waals surface area contributed by atoms with E-state index in [1.165, 1.54) is 110 Å². The molecule has 0 saturated carbocycles. The SMILES string of the molecule is CC(C)=O.CCCCCC.CCCCCCCCCCCCCC1OC(=O)C1C. The third kappa shape index (κ3) is 23.3. The fourth-order valence-electron chi connectivity index (χ4n) is 3.26. The van der Waals surface area contributed by atoms with Crippen LogP contribution in [0.15, 0.2) is 0 Å². The van der Waals surface area contributed by atoms with E-state index in [2.05, 4.69) is 20.8 Å². The number of esters is 1. The zero-order valence-corrected chi connectivity index (χ0v) is 20.7. The summed E-state index contributed by atoms with van der Waals surface area (Å²) in [7, 11) is 0. The van der Waals surface area contributed by atoms with E-state index in [1.807, 2.05) is 6.92 Å². The number of ketones is 1. The van der Waals surface area contributed by atoms with Crippen molar-refractivity contribution in [2.75, 3.05) is 0 Å². The summed E-state index contributed by atoms with van der Waals surface area (Å²) >= 11 is 0. The smallest absolute Gasteiger partial charge is 0.312 e. The molecule has 0 radical (unpaired) electrons. The van der Waals surface area contributed by atoms with Gasteiger partial charge in [0.1, 0.15) is 11.9 Å². The number of unbranched alkanes of at least 4 members (excludes halogenated alkanes) is 13. The van der Waals surface area contributed by atoms with Crippen molar-refractivity contribution in [3.05, 3.63) is 0 Å². The van der Waals surface area contributed by atoms with Crippen molar-refractivity contribution in [1.29, 1.82) is 0 Å². The van der Waals surface area contributed by atoms with Crippen LogP contribution in [-0.4, -0.2) is 17.9 Å². The Kier molecular flexibility index (Phi) is 24.5. The van der Waals surface area contributed by atoms with E-state index in [0.717, 1.165) is 6.42 Å². The minimum Gasteiger partial charge on any atom is -0.461 e. The topological polar surface area (TPSA) is 43.4 Å². The zero-order valence-electron chi connectivity index (χ0n) is 20.7. The van der Waals surface area contributed by atoms with Gasteiger partial charge < -0.3 is 9.53 Å². The first-order valence-corrected chi connectivity index (χ1v) is 12.6. The lowest BCUT2D eigenvalue weighted by atomic mass is 9.94. The van der Waals surface area contributed by atoms with Crippen molar-refractivity contribution < 1.29 is 14.3 Å². The number of cyclic esters (lactones) is 1. The molecule has 1 heterocycles. The molecule has 1 aliphatic rings. The van der Waals surface area contributed by atoms with Gasteiger partial charge in [0.25, 0.3) is 0 Å². The Morgan fingerprint density at radius 3 is 1.31 bits per heavy atom. The number of hydrogen-bond acceptors (Lipinski definition) is 3. The van der Waals surface area contributed by atoms with Crippen LogP contribution in [0.2, 0.25) is 0 Å². The Hall–Kier alpha value is -0.860. The average Bonchev–Trinajstić information content (AvgIpc) is 2.69. The van der Waals surface area contributed by atoms with Crippen molar-refractivity contribution in [1.82, 2.24) is 0 Å². The van der Waals surface area contributed by atoms with Gasteiger partial charge in [-0.2, -0.15) is 0 Å². The molecule has 1 rings (SSSR count). The van der Waals surface area contributed by atoms with E-state index in [1.54, 1.807) is 0 Å². The molecule has 3 nitrogen and oxygen atoms in total. The summed E-state index contributed by atoms with van der Waals surface area (Å²) in [5.74, 6) is 0.316. The van der Waals surface area contributed by atoms with Gasteiger partial charge in [0.15, 0.2) is 0 Å².